The van der Waals surface area contributed by atoms with Gasteiger partial charge in [0.25, 0.3) is 0 Å². The number of oxime groups is 1. The minimum atomic E-state index is -1.11. The highest BCUT2D eigenvalue weighted by atomic mass is 16.6. The predicted molar refractivity (Wildman–Crippen MR) is 66.9 cm³/mol. The van der Waals surface area contributed by atoms with Crippen LogP contribution in [0.2, 0.25) is 0 Å². The SMILES string of the molecule is CC(=NOC/C=C/c1cccc(C#N)c1)C(=O)O. The summed E-state index contributed by atoms with van der Waals surface area (Å²) in [7, 11) is 0. The van der Waals surface area contributed by atoms with E-state index in [0.717, 1.165) is 5.56 Å². The van der Waals surface area contributed by atoms with E-state index in [1.165, 1.54) is 6.92 Å². The number of nitriles is 1. The summed E-state index contributed by atoms with van der Waals surface area (Å²) in [5.74, 6) is -1.11. The number of carbonyl (C=O) groups is 1. The van der Waals surface area contributed by atoms with Gasteiger partial charge in [-0.1, -0.05) is 23.4 Å². The van der Waals surface area contributed by atoms with Gasteiger partial charge in [-0.05, 0) is 30.7 Å². The van der Waals surface area contributed by atoms with Gasteiger partial charge < -0.3 is 9.94 Å². The zero-order chi connectivity index (χ0) is 13.4. The van der Waals surface area contributed by atoms with Crippen LogP contribution in [0.5, 0.6) is 0 Å². The second kappa shape index (κ2) is 6.86. The molecule has 0 spiro atoms. The van der Waals surface area contributed by atoms with E-state index < -0.39 is 5.97 Å². The molecule has 0 unspecified atom stereocenters. The summed E-state index contributed by atoms with van der Waals surface area (Å²) >= 11 is 0. The molecule has 1 aromatic carbocycles. The number of rotatable bonds is 5. The third kappa shape index (κ3) is 4.49. The van der Waals surface area contributed by atoms with Crippen LogP contribution in [0.3, 0.4) is 0 Å². The second-order valence-electron chi connectivity index (χ2n) is 3.42. The summed E-state index contributed by atoms with van der Waals surface area (Å²) in [5, 5.41) is 20.6. The minimum absolute atomic E-state index is 0.102. The van der Waals surface area contributed by atoms with Crippen LogP contribution in [0.25, 0.3) is 6.08 Å². The number of nitrogens with zero attached hydrogens (tertiary/aromatic N) is 2. The fourth-order valence-electron chi connectivity index (χ4n) is 1.11. The molecule has 18 heavy (non-hydrogen) atoms. The molecule has 92 valence electrons. The molecule has 5 heteroatoms. The predicted octanol–water partition coefficient (Wildman–Crippen LogP) is 2.05. The first-order valence-electron chi connectivity index (χ1n) is 5.20. The van der Waals surface area contributed by atoms with E-state index in [2.05, 4.69) is 5.16 Å². The van der Waals surface area contributed by atoms with E-state index in [1.54, 1.807) is 30.4 Å². The monoisotopic (exact) mass is 244 g/mol. The van der Waals surface area contributed by atoms with Crippen molar-refractivity contribution in [2.24, 2.45) is 5.16 Å². The number of carboxylic acids is 1. The van der Waals surface area contributed by atoms with Crippen LogP contribution in [-0.2, 0) is 9.63 Å². The Morgan fingerprint density at radius 1 is 1.61 bits per heavy atom. The van der Waals surface area contributed by atoms with Crippen molar-refractivity contribution in [3.8, 4) is 6.07 Å². The highest BCUT2D eigenvalue weighted by molar-refractivity contribution is 6.34. The van der Waals surface area contributed by atoms with Crippen molar-refractivity contribution in [2.75, 3.05) is 6.61 Å². The fourth-order valence-corrected chi connectivity index (χ4v) is 1.11. The van der Waals surface area contributed by atoms with Gasteiger partial charge in [0.2, 0.25) is 0 Å². The van der Waals surface area contributed by atoms with Crippen molar-refractivity contribution in [3.63, 3.8) is 0 Å². The van der Waals surface area contributed by atoms with Crippen LogP contribution in [-0.4, -0.2) is 23.4 Å². The minimum Gasteiger partial charge on any atom is -0.477 e. The van der Waals surface area contributed by atoms with Crippen molar-refractivity contribution >= 4 is 17.8 Å². The molecular formula is C13H12N2O3. The van der Waals surface area contributed by atoms with E-state index in [0.29, 0.717) is 5.56 Å². The highest BCUT2D eigenvalue weighted by Crippen LogP contribution is 2.05. The van der Waals surface area contributed by atoms with Gasteiger partial charge in [0, 0.05) is 0 Å². The van der Waals surface area contributed by atoms with Gasteiger partial charge in [0.15, 0.2) is 5.71 Å². The Morgan fingerprint density at radius 2 is 2.39 bits per heavy atom. The van der Waals surface area contributed by atoms with Gasteiger partial charge in [0.1, 0.15) is 6.61 Å². The molecule has 0 atom stereocenters. The smallest absolute Gasteiger partial charge is 0.353 e. The number of hydrogen-bond acceptors (Lipinski definition) is 4. The normalized spacial score (nSPS) is 11.2. The van der Waals surface area contributed by atoms with Gasteiger partial charge >= 0.3 is 5.97 Å². The average molecular weight is 244 g/mol. The van der Waals surface area contributed by atoms with Crippen molar-refractivity contribution in [3.05, 3.63) is 41.5 Å². The summed E-state index contributed by atoms with van der Waals surface area (Å²) in [4.78, 5) is 15.2. The Hall–Kier alpha value is -2.61. The lowest BCUT2D eigenvalue weighted by Gasteiger charge is -1.96. The summed E-state index contributed by atoms with van der Waals surface area (Å²) < 4.78 is 0. The molecule has 1 aromatic rings. The van der Waals surface area contributed by atoms with Crippen molar-refractivity contribution in [1.82, 2.24) is 0 Å². The summed E-state index contributed by atoms with van der Waals surface area (Å²) in [5.41, 5.74) is 1.35. The van der Waals surface area contributed by atoms with Crippen molar-refractivity contribution in [1.29, 1.82) is 5.26 Å². The molecule has 1 N–H and O–H groups in total. The van der Waals surface area contributed by atoms with E-state index in [4.69, 9.17) is 15.2 Å². The van der Waals surface area contributed by atoms with E-state index in [-0.39, 0.29) is 12.3 Å². The van der Waals surface area contributed by atoms with Gasteiger partial charge in [-0.3, -0.25) is 0 Å². The Morgan fingerprint density at radius 3 is 3.06 bits per heavy atom. The molecule has 0 bridgehead atoms. The molecule has 0 radical (unpaired) electrons. The summed E-state index contributed by atoms with van der Waals surface area (Å²) in [6.45, 7) is 1.52. The number of aliphatic carboxylic acids is 1. The van der Waals surface area contributed by atoms with Crippen LogP contribution >= 0.6 is 0 Å². The fraction of sp³-hybridized carbons (Fsp3) is 0.154. The molecule has 5 nitrogen and oxygen atoms in total. The van der Waals surface area contributed by atoms with Gasteiger partial charge in [-0.25, -0.2) is 4.79 Å². The van der Waals surface area contributed by atoms with Gasteiger partial charge in [-0.15, -0.1) is 0 Å². The molecule has 0 aliphatic heterocycles. The maximum atomic E-state index is 10.4. The van der Waals surface area contributed by atoms with E-state index >= 15 is 0 Å². The van der Waals surface area contributed by atoms with Gasteiger partial charge in [0.05, 0.1) is 11.6 Å². The lowest BCUT2D eigenvalue weighted by Crippen LogP contribution is -2.08. The molecular weight excluding hydrogens is 232 g/mol. The lowest BCUT2D eigenvalue weighted by molar-refractivity contribution is -0.129. The number of carboxylic acid groups (broad SMARTS) is 1. The third-order valence-electron chi connectivity index (χ3n) is 2.01. The number of hydrogen-bond donors (Lipinski definition) is 1. The van der Waals surface area contributed by atoms with Crippen molar-refractivity contribution < 1.29 is 14.7 Å². The molecule has 0 aliphatic carbocycles. The molecule has 1 rings (SSSR count). The Labute approximate surface area is 105 Å². The zero-order valence-corrected chi connectivity index (χ0v) is 9.83. The first-order chi connectivity index (χ1) is 8.63. The van der Waals surface area contributed by atoms with Crippen LogP contribution < -0.4 is 0 Å². The lowest BCUT2D eigenvalue weighted by atomic mass is 10.1. The van der Waals surface area contributed by atoms with Gasteiger partial charge in [-0.2, -0.15) is 5.26 Å². The zero-order valence-electron chi connectivity index (χ0n) is 9.83. The average Bonchev–Trinajstić information content (AvgIpc) is 2.38. The van der Waals surface area contributed by atoms with E-state index in [9.17, 15) is 4.79 Å². The van der Waals surface area contributed by atoms with Crippen LogP contribution in [0.1, 0.15) is 18.1 Å². The van der Waals surface area contributed by atoms with Crippen LogP contribution in [0.15, 0.2) is 35.5 Å². The molecule has 0 saturated heterocycles. The Balaban J connectivity index is 2.49. The highest BCUT2D eigenvalue weighted by Gasteiger charge is 2.00. The third-order valence-corrected chi connectivity index (χ3v) is 2.01. The summed E-state index contributed by atoms with van der Waals surface area (Å²) in [6, 6.07) is 9.13. The second-order valence-corrected chi connectivity index (χ2v) is 3.42. The van der Waals surface area contributed by atoms with E-state index in [1.807, 2.05) is 12.1 Å². The topological polar surface area (TPSA) is 82.7 Å². The summed E-state index contributed by atoms with van der Waals surface area (Å²) in [6.07, 6.45) is 3.46. The van der Waals surface area contributed by atoms with Crippen LogP contribution in [0.4, 0.5) is 0 Å². The molecule has 0 saturated carbocycles. The first-order valence-corrected chi connectivity index (χ1v) is 5.20. The maximum Gasteiger partial charge on any atom is 0.353 e. The molecule has 0 fully saturated rings. The number of benzene rings is 1. The molecule has 0 heterocycles. The quantitative estimate of drug-likeness (QED) is 0.488. The Bertz CT molecular complexity index is 527. The largest absolute Gasteiger partial charge is 0.477 e. The Kier molecular flexibility index (Phi) is 5.13. The molecule has 0 aliphatic rings. The standard InChI is InChI=1S/C13H12N2O3/c1-10(13(16)17)15-18-7-3-6-11-4-2-5-12(8-11)9-14/h2-6,8H,7H2,1H3,(H,16,17)/b6-3+,15-10?. The maximum absolute atomic E-state index is 10.4. The van der Waals surface area contributed by atoms with Crippen LogP contribution in [0, 0.1) is 11.3 Å². The molecule has 0 amide bonds. The van der Waals surface area contributed by atoms with Crippen molar-refractivity contribution in [2.45, 2.75) is 6.92 Å². The first kappa shape index (κ1) is 13.5. The molecule has 0 aromatic heterocycles.